The van der Waals surface area contributed by atoms with Crippen molar-refractivity contribution in [3.05, 3.63) is 70.0 Å². The number of aryl methyl sites for hydroxylation is 1. The van der Waals surface area contributed by atoms with Crippen LogP contribution >= 0.6 is 0 Å². The number of nitriles is 1. The lowest BCUT2D eigenvalue weighted by Gasteiger charge is -2.14. The molecule has 0 N–H and O–H groups in total. The Labute approximate surface area is 160 Å². The number of hydrogen-bond donors (Lipinski definition) is 0. The zero-order chi connectivity index (χ0) is 20.1. The van der Waals surface area contributed by atoms with Crippen LogP contribution in [0.3, 0.4) is 0 Å². The molecule has 0 fully saturated rings. The van der Waals surface area contributed by atoms with Crippen molar-refractivity contribution in [1.29, 1.82) is 5.26 Å². The van der Waals surface area contributed by atoms with Crippen LogP contribution < -0.4 is 5.56 Å². The van der Waals surface area contributed by atoms with E-state index in [-0.39, 0.29) is 17.9 Å². The van der Waals surface area contributed by atoms with E-state index in [0.717, 1.165) is 0 Å². The lowest BCUT2D eigenvalue weighted by atomic mass is 10.1. The first-order chi connectivity index (χ1) is 13.5. The second-order valence-electron chi connectivity index (χ2n) is 6.27. The second kappa shape index (κ2) is 8.44. The standard InChI is InChI=1S/C21H18FN3O3/c1-28-20(26)5-3-2-4-19-24-18-12-14(13-23)6-11-17(18)21(27)25(19)16-9-7-15(22)8-10-16/h6-12H,2-5H2,1H3. The van der Waals surface area contributed by atoms with Crippen molar-refractivity contribution in [2.75, 3.05) is 7.11 Å². The molecule has 0 amide bonds. The summed E-state index contributed by atoms with van der Waals surface area (Å²) in [5.74, 6) is -0.200. The second-order valence-corrected chi connectivity index (χ2v) is 6.27. The molecule has 0 aliphatic carbocycles. The Hall–Kier alpha value is -3.53. The largest absolute Gasteiger partial charge is 0.469 e. The summed E-state index contributed by atoms with van der Waals surface area (Å²) < 4.78 is 19.4. The van der Waals surface area contributed by atoms with Crippen LogP contribution in [0.1, 0.15) is 30.7 Å². The van der Waals surface area contributed by atoms with E-state index in [2.05, 4.69) is 9.72 Å². The van der Waals surface area contributed by atoms with Crippen LogP contribution in [-0.4, -0.2) is 22.6 Å². The van der Waals surface area contributed by atoms with Gasteiger partial charge in [0.1, 0.15) is 11.6 Å². The molecule has 142 valence electrons. The molecule has 0 bridgehead atoms. The summed E-state index contributed by atoms with van der Waals surface area (Å²) in [4.78, 5) is 29.0. The van der Waals surface area contributed by atoms with Crippen LogP contribution in [0.5, 0.6) is 0 Å². The smallest absolute Gasteiger partial charge is 0.305 e. The Balaban J connectivity index is 2.05. The number of unbranched alkanes of at least 4 members (excludes halogenated alkanes) is 1. The summed E-state index contributed by atoms with van der Waals surface area (Å²) in [6.07, 6.45) is 1.92. The molecule has 1 heterocycles. The van der Waals surface area contributed by atoms with Crippen molar-refractivity contribution < 1.29 is 13.9 Å². The minimum absolute atomic E-state index is 0.281. The summed E-state index contributed by atoms with van der Waals surface area (Å²) in [7, 11) is 1.34. The number of hydrogen-bond acceptors (Lipinski definition) is 5. The van der Waals surface area contributed by atoms with E-state index in [0.29, 0.717) is 47.2 Å². The van der Waals surface area contributed by atoms with Gasteiger partial charge in [-0.1, -0.05) is 0 Å². The summed E-state index contributed by atoms with van der Waals surface area (Å²) in [5.41, 5.74) is 1.07. The molecule has 0 saturated carbocycles. The number of carbonyl (C=O) groups excluding carboxylic acids is 1. The van der Waals surface area contributed by atoms with Gasteiger partial charge >= 0.3 is 5.97 Å². The first-order valence-corrected chi connectivity index (χ1v) is 8.82. The van der Waals surface area contributed by atoms with E-state index in [1.54, 1.807) is 18.2 Å². The quantitative estimate of drug-likeness (QED) is 0.485. The van der Waals surface area contributed by atoms with Crippen LogP contribution in [0.25, 0.3) is 16.6 Å². The van der Waals surface area contributed by atoms with Crippen LogP contribution in [0.4, 0.5) is 4.39 Å². The highest BCUT2D eigenvalue weighted by atomic mass is 19.1. The Morgan fingerprint density at radius 3 is 2.64 bits per heavy atom. The fourth-order valence-corrected chi connectivity index (χ4v) is 2.98. The molecule has 0 unspecified atom stereocenters. The topological polar surface area (TPSA) is 85.0 Å². The zero-order valence-electron chi connectivity index (χ0n) is 15.3. The van der Waals surface area contributed by atoms with Gasteiger partial charge in [-0.25, -0.2) is 9.37 Å². The molecule has 0 aliphatic heterocycles. The monoisotopic (exact) mass is 379 g/mol. The average Bonchev–Trinajstić information content (AvgIpc) is 2.71. The SMILES string of the molecule is COC(=O)CCCCc1nc2cc(C#N)ccc2c(=O)n1-c1ccc(F)cc1. The zero-order valence-corrected chi connectivity index (χ0v) is 15.3. The highest BCUT2D eigenvalue weighted by molar-refractivity contribution is 5.79. The van der Waals surface area contributed by atoms with Crippen LogP contribution in [-0.2, 0) is 16.0 Å². The van der Waals surface area contributed by atoms with Crippen molar-refractivity contribution in [2.45, 2.75) is 25.7 Å². The number of aromatic nitrogens is 2. The van der Waals surface area contributed by atoms with Gasteiger partial charge in [-0.3, -0.25) is 14.2 Å². The van der Waals surface area contributed by atoms with E-state index < -0.39 is 5.82 Å². The van der Waals surface area contributed by atoms with E-state index >= 15 is 0 Å². The maximum atomic E-state index is 13.3. The number of esters is 1. The molecular weight excluding hydrogens is 361 g/mol. The van der Waals surface area contributed by atoms with Gasteiger partial charge in [0.15, 0.2) is 0 Å². The van der Waals surface area contributed by atoms with Gasteiger partial charge in [-0.2, -0.15) is 5.26 Å². The number of rotatable bonds is 6. The number of carbonyl (C=O) groups is 1. The summed E-state index contributed by atoms with van der Waals surface area (Å²) in [6, 6.07) is 12.4. The number of nitrogens with zero attached hydrogens (tertiary/aromatic N) is 3. The number of ether oxygens (including phenoxy) is 1. The molecule has 7 heteroatoms. The van der Waals surface area contributed by atoms with Gasteiger partial charge in [-0.05, 0) is 55.3 Å². The highest BCUT2D eigenvalue weighted by Crippen LogP contribution is 2.17. The number of halogens is 1. The first-order valence-electron chi connectivity index (χ1n) is 8.82. The van der Waals surface area contributed by atoms with Crippen molar-refractivity contribution in [3.8, 4) is 11.8 Å². The average molecular weight is 379 g/mol. The minimum atomic E-state index is -0.399. The molecule has 6 nitrogen and oxygen atoms in total. The molecular formula is C21H18FN3O3. The van der Waals surface area contributed by atoms with Gasteiger partial charge in [0.05, 0.1) is 35.3 Å². The Morgan fingerprint density at radius 1 is 1.21 bits per heavy atom. The Bertz CT molecular complexity index is 1110. The van der Waals surface area contributed by atoms with Crippen LogP contribution in [0.15, 0.2) is 47.3 Å². The van der Waals surface area contributed by atoms with Gasteiger partial charge in [-0.15, -0.1) is 0 Å². The third-order valence-electron chi connectivity index (χ3n) is 4.41. The molecule has 0 radical (unpaired) electrons. The molecule has 28 heavy (non-hydrogen) atoms. The van der Waals surface area contributed by atoms with Crippen molar-refractivity contribution in [3.63, 3.8) is 0 Å². The molecule has 0 atom stereocenters. The predicted molar refractivity (Wildman–Crippen MR) is 102 cm³/mol. The van der Waals surface area contributed by atoms with Crippen molar-refractivity contribution in [2.24, 2.45) is 0 Å². The lowest BCUT2D eigenvalue weighted by molar-refractivity contribution is -0.140. The van der Waals surface area contributed by atoms with Gasteiger partial charge < -0.3 is 4.74 Å². The lowest BCUT2D eigenvalue weighted by Crippen LogP contribution is -2.24. The van der Waals surface area contributed by atoms with Gasteiger partial charge in [0, 0.05) is 12.8 Å². The van der Waals surface area contributed by atoms with Crippen molar-refractivity contribution in [1.82, 2.24) is 9.55 Å². The van der Waals surface area contributed by atoms with Crippen LogP contribution in [0, 0.1) is 17.1 Å². The molecule has 2 aromatic carbocycles. The van der Waals surface area contributed by atoms with Crippen LogP contribution in [0.2, 0.25) is 0 Å². The van der Waals surface area contributed by atoms with E-state index in [1.807, 2.05) is 6.07 Å². The minimum Gasteiger partial charge on any atom is -0.469 e. The van der Waals surface area contributed by atoms with E-state index in [9.17, 15) is 14.0 Å². The number of benzene rings is 2. The molecule has 3 aromatic rings. The fourth-order valence-electron chi connectivity index (χ4n) is 2.98. The Kier molecular flexibility index (Phi) is 5.80. The molecule has 0 spiro atoms. The maximum absolute atomic E-state index is 13.3. The summed E-state index contributed by atoms with van der Waals surface area (Å²) >= 11 is 0. The summed E-state index contributed by atoms with van der Waals surface area (Å²) in [6.45, 7) is 0. The van der Waals surface area contributed by atoms with E-state index in [4.69, 9.17) is 5.26 Å². The third-order valence-corrected chi connectivity index (χ3v) is 4.41. The fraction of sp³-hybridized carbons (Fsp3) is 0.238. The van der Waals surface area contributed by atoms with Crippen molar-refractivity contribution >= 4 is 16.9 Å². The number of methoxy groups -OCH3 is 1. The maximum Gasteiger partial charge on any atom is 0.305 e. The summed E-state index contributed by atoms with van der Waals surface area (Å²) in [5, 5.41) is 9.48. The molecule has 0 aliphatic rings. The molecule has 3 rings (SSSR count). The normalized spacial score (nSPS) is 10.6. The highest BCUT2D eigenvalue weighted by Gasteiger charge is 2.14. The van der Waals surface area contributed by atoms with E-state index in [1.165, 1.54) is 35.9 Å². The predicted octanol–water partition coefficient (Wildman–Crippen LogP) is 3.28. The Morgan fingerprint density at radius 2 is 1.96 bits per heavy atom. The van der Waals surface area contributed by atoms with Gasteiger partial charge in [0.25, 0.3) is 5.56 Å². The van der Waals surface area contributed by atoms with Gasteiger partial charge in [0.2, 0.25) is 0 Å². The molecule has 0 saturated heterocycles. The molecule has 1 aromatic heterocycles. The first kappa shape index (κ1) is 19.2. The number of fused-ring (bicyclic) bond motifs is 1. The third kappa shape index (κ3) is 4.07.